The van der Waals surface area contributed by atoms with Crippen molar-refractivity contribution in [1.82, 2.24) is 10.2 Å². The molecule has 1 saturated heterocycles. The molecule has 0 spiro atoms. The van der Waals surface area contributed by atoms with Gasteiger partial charge in [-0.25, -0.2) is 0 Å². The average molecular weight is 432 g/mol. The molecule has 1 fully saturated rings. The second-order valence-corrected chi connectivity index (χ2v) is 6.53. The predicted molar refractivity (Wildman–Crippen MR) is 95.0 cm³/mol. The first-order valence-corrected chi connectivity index (χ1v) is 8.52. The van der Waals surface area contributed by atoms with Crippen molar-refractivity contribution in [3.05, 3.63) is 21.3 Å². The van der Waals surface area contributed by atoms with Gasteiger partial charge in [-0.05, 0) is 47.6 Å². The number of nitrogens with one attached hydrogen (secondary N) is 1. The highest BCUT2D eigenvalue weighted by Gasteiger charge is 2.28. The summed E-state index contributed by atoms with van der Waals surface area (Å²) in [6.45, 7) is 1.17. The number of benzene rings is 1. The van der Waals surface area contributed by atoms with Crippen LogP contribution in [0.15, 0.2) is 12.1 Å². The Bertz CT molecular complexity index is 598. The second kappa shape index (κ2) is 7.85. The van der Waals surface area contributed by atoms with Crippen LogP contribution in [0.25, 0.3) is 0 Å². The summed E-state index contributed by atoms with van der Waals surface area (Å²) in [4.78, 5) is 26.2. The van der Waals surface area contributed by atoms with E-state index in [0.717, 1.165) is 3.57 Å². The molecule has 1 aliphatic heterocycles. The number of carbonyl (C=O) groups excluding carboxylic acids is 2. The lowest BCUT2D eigenvalue weighted by molar-refractivity contribution is -0.125. The van der Waals surface area contributed by atoms with E-state index in [2.05, 4.69) is 27.9 Å². The Morgan fingerprint density at radius 3 is 2.26 bits per heavy atom. The highest BCUT2D eigenvalue weighted by molar-refractivity contribution is 14.1. The Morgan fingerprint density at radius 2 is 1.74 bits per heavy atom. The van der Waals surface area contributed by atoms with Crippen LogP contribution in [0.4, 0.5) is 0 Å². The maximum absolute atomic E-state index is 12.8. The van der Waals surface area contributed by atoms with Crippen LogP contribution < -0.4 is 14.8 Å². The van der Waals surface area contributed by atoms with Crippen LogP contribution in [0, 0.1) is 9.49 Å². The fraction of sp³-hybridized carbons (Fsp3) is 0.500. The lowest BCUT2D eigenvalue weighted by Crippen LogP contribution is -2.42. The van der Waals surface area contributed by atoms with Crippen LogP contribution in [-0.4, -0.2) is 51.1 Å². The van der Waals surface area contributed by atoms with Gasteiger partial charge >= 0.3 is 0 Å². The Balaban J connectivity index is 2.14. The number of ether oxygens (including phenoxy) is 2. The van der Waals surface area contributed by atoms with Crippen LogP contribution in [0.1, 0.15) is 23.2 Å². The SMILES string of the molecule is CNC(=O)C1CCN(C(=O)c2cc(OC)c(OC)cc2I)CC1. The Labute approximate surface area is 149 Å². The van der Waals surface area contributed by atoms with E-state index in [9.17, 15) is 9.59 Å². The largest absolute Gasteiger partial charge is 0.493 e. The summed E-state index contributed by atoms with van der Waals surface area (Å²) >= 11 is 2.13. The third-order valence-corrected chi connectivity index (χ3v) is 5.00. The van der Waals surface area contributed by atoms with Crippen molar-refractivity contribution < 1.29 is 19.1 Å². The van der Waals surface area contributed by atoms with Gasteiger partial charge in [0.2, 0.25) is 5.91 Å². The van der Waals surface area contributed by atoms with E-state index in [1.807, 2.05) is 0 Å². The van der Waals surface area contributed by atoms with Crippen LogP contribution in [0.5, 0.6) is 11.5 Å². The highest BCUT2D eigenvalue weighted by atomic mass is 127. The first-order chi connectivity index (χ1) is 11.0. The Hall–Kier alpha value is -1.51. The van der Waals surface area contributed by atoms with Gasteiger partial charge in [0.25, 0.3) is 5.91 Å². The van der Waals surface area contributed by atoms with E-state index >= 15 is 0 Å². The van der Waals surface area contributed by atoms with E-state index < -0.39 is 0 Å². The summed E-state index contributed by atoms with van der Waals surface area (Å²) in [7, 11) is 4.76. The molecule has 1 aromatic rings. The Morgan fingerprint density at radius 1 is 1.17 bits per heavy atom. The summed E-state index contributed by atoms with van der Waals surface area (Å²) < 4.78 is 11.3. The smallest absolute Gasteiger partial charge is 0.255 e. The van der Waals surface area contributed by atoms with Crippen molar-refractivity contribution in [1.29, 1.82) is 0 Å². The topological polar surface area (TPSA) is 67.9 Å². The van der Waals surface area contributed by atoms with Crippen molar-refractivity contribution >= 4 is 34.4 Å². The van der Waals surface area contributed by atoms with E-state index in [1.165, 1.54) is 0 Å². The lowest BCUT2D eigenvalue weighted by Gasteiger charge is -2.31. The summed E-state index contributed by atoms with van der Waals surface area (Å²) in [6, 6.07) is 3.51. The summed E-state index contributed by atoms with van der Waals surface area (Å²) in [5.74, 6) is 1.15. The third kappa shape index (κ3) is 3.88. The molecule has 126 valence electrons. The number of methoxy groups -OCH3 is 2. The second-order valence-electron chi connectivity index (χ2n) is 5.37. The van der Waals surface area contributed by atoms with Gasteiger partial charge < -0.3 is 19.7 Å². The fourth-order valence-corrected chi connectivity index (χ4v) is 3.41. The van der Waals surface area contributed by atoms with Crippen molar-refractivity contribution in [3.8, 4) is 11.5 Å². The molecule has 0 radical (unpaired) electrons. The van der Waals surface area contributed by atoms with Gasteiger partial charge in [0, 0.05) is 29.6 Å². The first-order valence-electron chi connectivity index (χ1n) is 7.44. The quantitative estimate of drug-likeness (QED) is 0.739. The molecule has 23 heavy (non-hydrogen) atoms. The monoisotopic (exact) mass is 432 g/mol. The van der Waals surface area contributed by atoms with Gasteiger partial charge in [0.05, 0.1) is 19.8 Å². The predicted octanol–water partition coefficient (Wildman–Crippen LogP) is 1.91. The van der Waals surface area contributed by atoms with Gasteiger partial charge in [-0.1, -0.05) is 0 Å². The fourth-order valence-electron chi connectivity index (χ4n) is 2.74. The average Bonchev–Trinajstić information content (AvgIpc) is 2.60. The van der Waals surface area contributed by atoms with Gasteiger partial charge in [-0.3, -0.25) is 9.59 Å². The number of carbonyl (C=O) groups is 2. The minimum Gasteiger partial charge on any atom is -0.493 e. The summed E-state index contributed by atoms with van der Waals surface area (Å²) in [5, 5.41) is 2.67. The zero-order chi connectivity index (χ0) is 17.0. The lowest BCUT2D eigenvalue weighted by atomic mass is 9.95. The van der Waals surface area contributed by atoms with Crippen LogP contribution in [-0.2, 0) is 4.79 Å². The summed E-state index contributed by atoms with van der Waals surface area (Å²) in [5.41, 5.74) is 0.599. The maximum Gasteiger partial charge on any atom is 0.255 e. The molecule has 2 amide bonds. The van der Waals surface area contributed by atoms with E-state index in [0.29, 0.717) is 43.0 Å². The number of hydrogen-bond donors (Lipinski definition) is 1. The molecule has 0 bridgehead atoms. The molecule has 1 aliphatic rings. The molecule has 0 aliphatic carbocycles. The number of likely N-dealkylation sites (tertiary alicyclic amines) is 1. The van der Waals surface area contributed by atoms with Crippen molar-refractivity contribution in [2.75, 3.05) is 34.4 Å². The number of rotatable bonds is 4. The molecule has 0 aromatic heterocycles. The molecule has 6 nitrogen and oxygen atoms in total. The third-order valence-electron chi connectivity index (χ3n) is 4.10. The highest BCUT2D eigenvalue weighted by Crippen LogP contribution is 2.32. The molecule has 1 N–H and O–H groups in total. The van der Waals surface area contributed by atoms with Crippen LogP contribution in [0.2, 0.25) is 0 Å². The molecular formula is C16H21IN2O4. The van der Waals surface area contributed by atoms with Gasteiger partial charge in [-0.15, -0.1) is 0 Å². The van der Waals surface area contributed by atoms with Crippen LogP contribution >= 0.6 is 22.6 Å². The first kappa shape index (κ1) is 17.8. The number of hydrogen-bond acceptors (Lipinski definition) is 4. The standard InChI is InChI=1S/C16H21IN2O4/c1-18-15(20)10-4-6-19(7-5-10)16(21)11-8-13(22-2)14(23-3)9-12(11)17/h8-10H,4-7H2,1-3H3,(H,18,20). The number of amides is 2. The van der Waals surface area contributed by atoms with Crippen molar-refractivity contribution in [3.63, 3.8) is 0 Å². The molecule has 0 atom stereocenters. The minimum atomic E-state index is -0.0364. The normalized spacial score (nSPS) is 15.2. The van der Waals surface area contributed by atoms with Crippen molar-refractivity contribution in [2.24, 2.45) is 5.92 Å². The molecule has 0 unspecified atom stereocenters. The van der Waals surface area contributed by atoms with E-state index in [4.69, 9.17) is 9.47 Å². The van der Waals surface area contributed by atoms with Gasteiger partial charge in [-0.2, -0.15) is 0 Å². The minimum absolute atomic E-state index is 0.00599. The van der Waals surface area contributed by atoms with Gasteiger partial charge in [0.1, 0.15) is 0 Å². The number of nitrogens with zero attached hydrogens (tertiary/aromatic N) is 1. The molecule has 1 heterocycles. The zero-order valence-corrected chi connectivity index (χ0v) is 15.7. The van der Waals surface area contributed by atoms with Crippen molar-refractivity contribution in [2.45, 2.75) is 12.8 Å². The molecule has 0 saturated carbocycles. The zero-order valence-electron chi connectivity index (χ0n) is 13.5. The van der Waals surface area contributed by atoms with Crippen LogP contribution in [0.3, 0.4) is 0 Å². The van der Waals surface area contributed by atoms with E-state index in [1.54, 1.807) is 38.3 Å². The van der Waals surface area contributed by atoms with E-state index in [-0.39, 0.29) is 17.7 Å². The maximum atomic E-state index is 12.8. The Kier molecular flexibility index (Phi) is 6.09. The molecule has 7 heteroatoms. The molecular weight excluding hydrogens is 411 g/mol. The number of halogens is 1. The number of piperidine rings is 1. The van der Waals surface area contributed by atoms with Gasteiger partial charge in [0.15, 0.2) is 11.5 Å². The summed E-state index contributed by atoms with van der Waals surface area (Å²) in [6.07, 6.45) is 1.38. The molecule has 1 aromatic carbocycles. The molecule has 2 rings (SSSR count).